The van der Waals surface area contributed by atoms with Crippen LogP contribution in [0.2, 0.25) is 0 Å². The van der Waals surface area contributed by atoms with Crippen LogP contribution < -0.4 is 0 Å². The molecule has 5 heteroatoms. The van der Waals surface area contributed by atoms with Crippen molar-refractivity contribution < 1.29 is 9.53 Å². The lowest BCUT2D eigenvalue weighted by atomic mass is 10.2. The molecule has 0 aliphatic rings. The Morgan fingerprint density at radius 3 is 2.88 bits per heavy atom. The van der Waals surface area contributed by atoms with Crippen molar-refractivity contribution in [1.82, 2.24) is 9.97 Å². The van der Waals surface area contributed by atoms with E-state index in [0.717, 1.165) is 9.88 Å². The number of nitrogens with zero attached hydrogens (tertiary/aromatic N) is 2. The predicted molar refractivity (Wildman–Crippen MR) is 61.4 cm³/mol. The second kappa shape index (κ2) is 4.40. The third-order valence-corrected chi connectivity index (χ3v) is 2.96. The van der Waals surface area contributed by atoms with E-state index in [1.807, 2.05) is 6.92 Å². The van der Waals surface area contributed by atoms with Crippen LogP contribution in [0, 0.1) is 6.92 Å². The number of ether oxygens (including phenoxy) is 1. The minimum Gasteiger partial charge on any atom is -0.465 e. The molecule has 0 aromatic carbocycles. The Bertz CT molecular complexity index is 522. The lowest BCUT2D eigenvalue weighted by Gasteiger charge is -2.00. The zero-order chi connectivity index (χ0) is 11.5. The van der Waals surface area contributed by atoms with Crippen molar-refractivity contribution in [3.8, 4) is 10.7 Å². The smallest absolute Gasteiger partial charge is 0.337 e. The molecule has 0 amide bonds. The zero-order valence-corrected chi connectivity index (χ0v) is 9.75. The van der Waals surface area contributed by atoms with Crippen molar-refractivity contribution in [3.05, 3.63) is 35.0 Å². The molecule has 0 fully saturated rings. The second-order valence-electron chi connectivity index (χ2n) is 3.20. The molecular weight excluding hydrogens is 224 g/mol. The summed E-state index contributed by atoms with van der Waals surface area (Å²) >= 11 is 1.54. The van der Waals surface area contributed by atoms with E-state index in [9.17, 15) is 4.79 Å². The number of carbonyl (C=O) groups excluding carboxylic acids is 1. The number of hydrogen-bond donors (Lipinski definition) is 0. The minimum atomic E-state index is -0.364. The molecule has 2 rings (SSSR count). The molecule has 0 saturated carbocycles. The predicted octanol–water partition coefficient (Wildman–Crippen LogP) is 2.30. The molecule has 2 aromatic heterocycles. The zero-order valence-electron chi connectivity index (χ0n) is 8.93. The summed E-state index contributed by atoms with van der Waals surface area (Å²) in [6, 6.07) is 3.31. The number of aryl methyl sites for hydroxylation is 1. The van der Waals surface area contributed by atoms with Gasteiger partial charge < -0.3 is 4.74 Å². The van der Waals surface area contributed by atoms with Crippen molar-refractivity contribution in [3.63, 3.8) is 0 Å². The Morgan fingerprint density at radius 2 is 2.25 bits per heavy atom. The first-order valence-corrected chi connectivity index (χ1v) is 5.49. The van der Waals surface area contributed by atoms with Gasteiger partial charge in [0.2, 0.25) is 0 Å². The Balaban J connectivity index is 2.39. The number of methoxy groups -OCH3 is 1. The van der Waals surface area contributed by atoms with Gasteiger partial charge >= 0.3 is 5.97 Å². The second-order valence-corrected chi connectivity index (χ2v) is 4.43. The van der Waals surface area contributed by atoms with Crippen LogP contribution in [0.4, 0.5) is 0 Å². The van der Waals surface area contributed by atoms with E-state index in [2.05, 4.69) is 14.7 Å². The number of rotatable bonds is 2. The Hall–Kier alpha value is -1.75. The minimum absolute atomic E-state index is 0.364. The molecule has 0 saturated heterocycles. The van der Waals surface area contributed by atoms with E-state index >= 15 is 0 Å². The van der Waals surface area contributed by atoms with Crippen LogP contribution in [-0.2, 0) is 4.74 Å². The van der Waals surface area contributed by atoms with Crippen LogP contribution in [0.25, 0.3) is 10.7 Å². The van der Waals surface area contributed by atoms with E-state index < -0.39 is 0 Å². The molecule has 16 heavy (non-hydrogen) atoms. The van der Waals surface area contributed by atoms with Gasteiger partial charge in [-0.25, -0.2) is 9.78 Å². The van der Waals surface area contributed by atoms with Crippen LogP contribution in [0.3, 0.4) is 0 Å². The van der Waals surface area contributed by atoms with Crippen LogP contribution in [0.1, 0.15) is 15.2 Å². The van der Waals surface area contributed by atoms with Crippen molar-refractivity contribution >= 4 is 17.3 Å². The average Bonchev–Trinajstić information content (AvgIpc) is 2.75. The molecule has 0 atom stereocenters. The van der Waals surface area contributed by atoms with Crippen LogP contribution >= 0.6 is 11.3 Å². The van der Waals surface area contributed by atoms with Gasteiger partial charge in [-0.1, -0.05) is 0 Å². The van der Waals surface area contributed by atoms with Gasteiger partial charge in [0, 0.05) is 17.3 Å². The summed E-state index contributed by atoms with van der Waals surface area (Å²) in [4.78, 5) is 20.8. The highest BCUT2D eigenvalue weighted by Crippen LogP contribution is 2.23. The van der Waals surface area contributed by atoms with Crippen LogP contribution in [-0.4, -0.2) is 23.0 Å². The van der Waals surface area contributed by atoms with Gasteiger partial charge in [0.1, 0.15) is 5.01 Å². The first-order valence-electron chi connectivity index (χ1n) is 4.68. The first-order chi connectivity index (χ1) is 7.70. The summed E-state index contributed by atoms with van der Waals surface area (Å²) in [5.41, 5.74) is 1.18. The maximum Gasteiger partial charge on any atom is 0.337 e. The summed E-state index contributed by atoms with van der Waals surface area (Å²) in [5, 5.41) is 0.809. The highest BCUT2D eigenvalue weighted by atomic mass is 32.1. The molecule has 2 heterocycles. The fourth-order valence-electron chi connectivity index (χ4n) is 1.27. The number of esters is 1. The van der Waals surface area contributed by atoms with Gasteiger partial charge in [-0.05, 0) is 19.1 Å². The number of aromatic nitrogens is 2. The molecule has 0 aliphatic heterocycles. The monoisotopic (exact) mass is 234 g/mol. The van der Waals surface area contributed by atoms with E-state index in [-0.39, 0.29) is 5.97 Å². The Kier molecular flexibility index (Phi) is 2.96. The quantitative estimate of drug-likeness (QED) is 0.748. The fraction of sp³-hybridized carbons (Fsp3) is 0.182. The van der Waals surface area contributed by atoms with E-state index in [1.165, 1.54) is 7.11 Å². The van der Waals surface area contributed by atoms with Crippen molar-refractivity contribution in [2.45, 2.75) is 6.92 Å². The molecule has 0 radical (unpaired) electrons. The van der Waals surface area contributed by atoms with Gasteiger partial charge in [0.05, 0.1) is 18.4 Å². The molecule has 0 aliphatic carbocycles. The standard InChI is InChI=1S/C11H10N2O2S/c1-7-6-13-10(16-7)9-5-8(3-4-12-9)11(14)15-2/h3-6H,1-2H3. The van der Waals surface area contributed by atoms with Gasteiger partial charge in [0.15, 0.2) is 0 Å². The third-order valence-electron chi connectivity index (χ3n) is 2.02. The molecule has 0 bridgehead atoms. The highest BCUT2D eigenvalue weighted by molar-refractivity contribution is 7.14. The van der Waals surface area contributed by atoms with Crippen molar-refractivity contribution in [1.29, 1.82) is 0 Å². The normalized spacial score (nSPS) is 10.1. The largest absolute Gasteiger partial charge is 0.465 e. The number of carbonyl (C=O) groups is 1. The molecule has 2 aromatic rings. The molecule has 82 valence electrons. The van der Waals surface area contributed by atoms with Crippen molar-refractivity contribution in [2.75, 3.05) is 7.11 Å². The van der Waals surface area contributed by atoms with Crippen LogP contribution in [0.5, 0.6) is 0 Å². The van der Waals surface area contributed by atoms with Gasteiger partial charge in [-0.15, -0.1) is 11.3 Å². The molecule has 0 spiro atoms. The van der Waals surface area contributed by atoms with Gasteiger partial charge in [-0.2, -0.15) is 0 Å². The maximum atomic E-state index is 11.3. The topological polar surface area (TPSA) is 52.1 Å². The summed E-state index contributed by atoms with van der Waals surface area (Å²) in [5.74, 6) is -0.364. The average molecular weight is 234 g/mol. The summed E-state index contributed by atoms with van der Waals surface area (Å²) in [6.07, 6.45) is 3.37. The lowest BCUT2D eigenvalue weighted by molar-refractivity contribution is 0.0600. The first kappa shape index (κ1) is 10.8. The van der Waals surface area contributed by atoms with Gasteiger partial charge in [0.25, 0.3) is 0 Å². The molecular formula is C11H10N2O2S. The van der Waals surface area contributed by atoms with Crippen LogP contribution in [0.15, 0.2) is 24.5 Å². The van der Waals surface area contributed by atoms with E-state index in [0.29, 0.717) is 11.3 Å². The number of thiazole rings is 1. The fourth-order valence-corrected chi connectivity index (χ4v) is 2.00. The van der Waals surface area contributed by atoms with E-state index in [1.54, 1.807) is 35.9 Å². The number of pyridine rings is 1. The Labute approximate surface area is 96.9 Å². The highest BCUT2D eigenvalue weighted by Gasteiger charge is 2.09. The maximum absolute atomic E-state index is 11.3. The molecule has 0 N–H and O–H groups in total. The number of hydrogen-bond acceptors (Lipinski definition) is 5. The van der Waals surface area contributed by atoms with Gasteiger partial charge in [-0.3, -0.25) is 4.98 Å². The summed E-state index contributed by atoms with van der Waals surface area (Å²) < 4.78 is 4.65. The third kappa shape index (κ3) is 2.09. The molecule has 4 nitrogen and oxygen atoms in total. The van der Waals surface area contributed by atoms with E-state index in [4.69, 9.17) is 0 Å². The summed E-state index contributed by atoms with van der Waals surface area (Å²) in [6.45, 7) is 1.98. The Morgan fingerprint density at radius 1 is 1.44 bits per heavy atom. The lowest BCUT2D eigenvalue weighted by Crippen LogP contribution is -2.01. The van der Waals surface area contributed by atoms with Crippen molar-refractivity contribution in [2.24, 2.45) is 0 Å². The summed E-state index contributed by atoms with van der Waals surface area (Å²) in [7, 11) is 1.36. The SMILES string of the molecule is COC(=O)c1ccnc(-c2ncc(C)s2)c1. The molecule has 0 unspecified atom stereocenters.